The number of hydrogen-bond donors (Lipinski definition) is 0. The normalized spacial score (nSPS) is 11.4. The van der Waals surface area contributed by atoms with Crippen LogP contribution >= 0.6 is 0 Å². The highest BCUT2D eigenvalue weighted by atomic mass is 16.5. The van der Waals surface area contributed by atoms with Crippen molar-refractivity contribution in [3.63, 3.8) is 0 Å². The Morgan fingerprint density at radius 3 is 2.79 bits per heavy atom. The molecule has 1 heterocycles. The van der Waals surface area contributed by atoms with Crippen molar-refractivity contribution < 1.29 is 13.9 Å². The van der Waals surface area contributed by atoms with Crippen LogP contribution in [0, 0.1) is 5.41 Å². The van der Waals surface area contributed by atoms with Gasteiger partial charge in [-0.25, -0.2) is 0 Å². The largest absolute Gasteiger partial charge is 0.472 e. The highest BCUT2D eigenvalue weighted by Gasteiger charge is 2.29. The molecule has 0 aliphatic carbocycles. The van der Waals surface area contributed by atoms with Gasteiger partial charge in [0, 0.05) is 0 Å². The van der Waals surface area contributed by atoms with Gasteiger partial charge in [0.1, 0.15) is 0 Å². The number of ether oxygens (including phenoxy) is 1. The predicted octanol–water partition coefficient (Wildman–Crippen LogP) is 2.41. The predicted molar refractivity (Wildman–Crippen MR) is 52.8 cm³/mol. The Bertz CT molecular complexity index is 285. The van der Waals surface area contributed by atoms with Gasteiger partial charge in [-0.1, -0.05) is 0 Å². The molecule has 1 aromatic heterocycles. The lowest BCUT2D eigenvalue weighted by molar-refractivity contribution is -0.153. The van der Waals surface area contributed by atoms with Crippen molar-refractivity contribution in [2.75, 3.05) is 6.61 Å². The van der Waals surface area contributed by atoms with Gasteiger partial charge in [-0.15, -0.1) is 0 Å². The molecular formula is C11H16O3. The summed E-state index contributed by atoms with van der Waals surface area (Å²) in [6.07, 6.45) is 3.90. The zero-order valence-electron chi connectivity index (χ0n) is 8.87. The Morgan fingerprint density at radius 2 is 2.29 bits per heavy atom. The second-order valence-electron chi connectivity index (χ2n) is 3.91. The summed E-state index contributed by atoms with van der Waals surface area (Å²) in [4.78, 5) is 11.5. The summed E-state index contributed by atoms with van der Waals surface area (Å²) in [5, 5.41) is 0. The van der Waals surface area contributed by atoms with Crippen LogP contribution in [0.1, 0.15) is 26.3 Å². The molecule has 3 heteroatoms. The molecule has 0 atom stereocenters. The molecule has 0 saturated carbocycles. The third kappa shape index (κ3) is 2.62. The van der Waals surface area contributed by atoms with Crippen LogP contribution in [0.15, 0.2) is 23.0 Å². The maximum Gasteiger partial charge on any atom is 0.311 e. The zero-order chi connectivity index (χ0) is 10.6. The molecule has 0 aliphatic rings. The van der Waals surface area contributed by atoms with Gasteiger partial charge in [-0.2, -0.15) is 0 Å². The molecule has 78 valence electrons. The van der Waals surface area contributed by atoms with Crippen molar-refractivity contribution in [1.82, 2.24) is 0 Å². The van der Waals surface area contributed by atoms with Crippen molar-refractivity contribution >= 4 is 5.97 Å². The van der Waals surface area contributed by atoms with Crippen LogP contribution in [0.5, 0.6) is 0 Å². The number of esters is 1. The Kier molecular flexibility index (Phi) is 3.33. The van der Waals surface area contributed by atoms with Gasteiger partial charge in [0.15, 0.2) is 0 Å². The summed E-state index contributed by atoms with van der Waals surface area (Å²) < 4.78 is 9.93. The first-order valence-corrected chi connectivity index (χ1v) is 4.74. The Labute approximate surface area is 84.1 Å². The molecule has 0 bridgehead atoms. The monoisotopic (exact) mass is 196 g/mol. The quantitative estimate of drug-likeness (QED) is 0.694. The van der Waals surface area contributed by atoms with Crippen molar-refractivity contribution in [1.29, 1.82) is 0 Å². The van der Waals surface area contributed by atoms with Gasteiger partial charge >= 0.3 is 5.97 Å². The van der Waals surface area contributed by atoms with Crippen LogP contribution < -0.4 is 0 Å². The topological polar surface area (TPSA) is 39.4 Å². The first-order valence-electron chi connectivity index (χ1n) is 4.74. The van der Waals surface area contributed by atoms with Crippen LogP contribution in [-0.4, -0.2) is 12.6 Å². The van der Waals surface area contributed by atoms with Crippen LogP contribution in [0.25, 0.3) is 0 Å². The fraction of sp³-hybridized carbons (Fsp3) is 0.545. The SMILES string of the molecule is CCOC(=O)C(C)(C)Cc1ccoc1. The van der Waals surface area contributed by atoms with E-state index in [0.717, 1.165) is 5.56 Å². The van der Waals surface area contributed by atoms with Crippen molar-refractivity contribution in [2.24, 2.45) is 5.41 Å². The van der Waals surface area contributed by atoms with Gasteiger partial charge in [-0.3, -0.25) is 4.79 Å². The van der Waals surface area contributed by atoms with Gasteiger partial charge < -0.3 is 9.15 Å². The third-order valence-electron chi connectivity index (χ3n) is 2.05. The molecule has 0 N–H and O–H groups in total. The first kappa shape index (κ1) is 10.8. The zero-order valence-corrected chi connectivity index (χ0v) is 8.87. The molecule has 3 nitrogen and oxygen atoms in total. The van der Waals surface area contributed by atoms with E-state index in [1.165, 1.54) is 0 Å². The number of carbonyl (C=O) groups is 1. The Hall–Kier alpha value is -1.25. The Morgan fingerprint density at radius 1 is 1.57 bits per heavy atom. The van der Waals surface area contributed by atoms with E-state index >= 15 is 0 Å². The van der Waals surface area contributed by atoms with Crippen LogP contribution in [0.2, 0.25) is 0 Å². The molecule has 0 spiro atoms. The fourth-order valence-electron chi connectivity index (χ4n) is 1.30. The molecule has 0 aliphatic heterocycles. The van der Waals surface area contributed by atoms with Gasteiger partial charge in [0.2, 0.25) is 0 Å². The van der Waals surface area contributed by atoms with Gasteiger partial charge in [-0.05, 0) is 38.8 Å². The first-order chi connectivity index (χ1) is 6.56. The second-order valence-corrected chi connectivity index (χ2v) is 3.91. The minimum Gasteiger partial charge on any atom is -0.472 e. The van der Waals surface area contributed by atoms with E-state index in [0.29, 0.717) is 13.0 Å². The van der Waals surface area contributed by atoms with E-state index in [4.69, 9.17) is 9.15 Å². The van der Waals surface area contributed by atoms with E-state index in [2.05, 4.69) is 0 Å². The minimum absolute atomic E-state index is 0.166. The summed E-state index contributed by atoms with van der Waals surface area (Å²) in [5.41, 5.74) is 0.530. The lowest BCUT2D eigenvalue weighted by atomic mass is 9.87. The summed E-state index contributed by atoms with van der Waals surface area (Å²) in [6, 6.07) is 1.86. The van der Waals surface area contributed by atoms with E-state index in [-0.39, 0.29) is 5.97 Å². The molecule has 1 rings (SSSR count). The molecule has 1 aromatic rings. The number of hydrogen-bond acceptors (Lipinski definition) is 3. The van der Waals surface area contributed by atoms with Gasteiger partial charge in [0.05, 0.1) is 24.5 Å². The van der Waals surface area contributed by atoms with E-state index in [1.807, 2.05) is 26.8 Å². The number of carbonyl (C=O) groups excluding carboxylic acids is 1. The van der Waals surface area contributed by atoms with Crippen LogP contribution in [0.3, 0.4) is 0 Å². The lowest BCUT2D eigenvalue weighted by Crippen LogP contribution is -2.28. The minimum atomic E-state index is -0.486. The van der Waals surface area contributed by atoms with E-state index in [9.17, 15) is 4.79 Å². The smallest absolute Gasteiger partial charge is 0.311 e. The maximum atomic E-state index is 11.5. The molecule has 0 aromatic carbocycles. The lowest BCUT2D eigenvalue weighted by Gasteiger charge is -2.21. The fourth-order valence-corrected chi connectivity index (χ4v) is 1.30. The van der Waals surface area contributed by atoms with E-state index in [1.54, 1.807) is 12.5 Å². The Balaban J connectivity index is 2.61. The average molecular weight is 196 g/mol. The standard InChI is InChI=1S/C11H16O3/c1-4-14-10(12)11(2,3)7-9-5-6-13-8-9/h5-6,8H,4,7H2,1-3H3. The second kappa shape index (κ2) is 4.31. The molecule has 0 fully saturated rings. The van der Waals surface area contributed by atoms with E-state index < -0.39 is 5.41 Å². The van der Waals surface area contributed by atoms with Crippen molar-refractivity contribution in [2.45, 2.75) is 27.2 Å². The third-order valence-corrected chi connectivity index (χ3v) is 2.05. The maximum absolute atomic E-state index is 11.5. The summed E-state index contributed by atoms with van der Waals surface area (Å²) in [7, 11) is 0. The number of furan rings is 1. The highest BCUT2D eigenvalue weighted by molar-refractivity contribution is 5.76. The summed E-state index contributed by atoms with van der Waals surface area (Å²) in [6.45, 7) is 5.98. The molecule has 0 unspecified atom stereocenters. The van der Waals surface area contributed by atoms with Gasteiger partial charge in [0.25, 0.3) is 0 Å². The summed E-state index contributed by atoms with van der Waals surface area (Å²) in [5.74, 6) is -0.166. The molecular weight excluding hydrogens is 180 g/mol. The van der Waals surface area contributed by atoms with Crippen molar-refractivity contribution in [3.8, 4) is 0 Å². The molecule has 14 heavy (non-hydrogen) atoms. The van der Waals surface area contributed by atoms with Crippen LogP contribution in [0.4, 0.5) is 0 Å². The average Bonchev–Trinajstić information content (AvgIpc) is 2.56. The molecule has 0 saturated heterocycles. The van der Waals surface area contributed by atoms with Crippen molar-refractivity contribution in [3.05, 3.63) is 24.2 Å². The molecule has 0 amide bonds. The summed E-state index contributed by atoms with van der Waals surface area (Å²) >= 11 is 0. The molecule has 0 radical (unpaired) electrons. The highest BCUT2D eigenvalue weighted by Crippen LogP contribution is 2.23. The van der Waals surface area contributed by atoms with Crippen LogP contribution in [-0.2, 0) is 16.0 Å². The number of rotatable bonds is 4.